The zero-order chi connectivity index (χ0) is 13.5. The van der Waals surface area contributed by atoms with Crippen LogP contribution in [0.3, 0.4) is 0 Å². The fourth-order valence-electron chi connectivity index (χ4n) is 1.34. The van der Waals surface area contributed by atoms with E-state index in [4.69, 9.17) is 16.3 Å². The molecule has 18 heavy (non-hydrogen) atoms. The van der Waals surface area contributed by atoms with Gasteiger partial charge in [0.25, 0.3) is 0 Å². The Morgan fingerprint density at radius 1 is 1.33 bits per heavy atom. The van der Waals surface area contributed by atoms with Crippen molar-refractivity contribution in [3.63, 3.8) is 0 Å². The van der Waals surface area contributed by atoms with E-state index in [0.717, 1.165) is 10.9 Å². The van der Waals surface area contributed by atoms with Gasteiger partial charge in [-0.15, -0.1) is 0 Å². The van der Waals surface area contributed by atoms with Gasteiger partial charge in [-0.25, -0.2) is 0 Å². The van der Waals surface area contributed by atoms with Crippen LogP contribution in [0.25, 0.3) is 5.03 Å². The first-order chi connectivity index (χ1) is 8.56. The van der Waals surface area contributed by atoms with Crippen molar-refractivity contribution in [3.05, 3.63) is 40.4 Å². The summed E-state index contributed by atoms with van der Waals surface area (Å²) < 4.78 is 5.86. The first-order valence-electron chi connectivity index (χ1n) is 5.85. The number of rotatable bonds is 5. The fraction of sp³-hybridized carbons (Fsp3) is 0.357. The van der Waals surface area contributed by atoms with Crippen LogP contribution in [-0.2, 0) is 9.53 Å². The number of benzene rings is 1. The summed E-state index contributed by atoms with van der Waals surface area (Å²) in [5.74, 6) is -0.291. The van der Waals surface area contributed by atoms with E-state index < -0.39 is 0 Å². The first kappa shape index (κ1) is 15.3. The molecule has 0 amide bonds. The number of ether oxygens (including phenoxy) is 1. The third-order valence-electron chi connectivity index (χ3n) is 2.04. The molecular formula is C14H17ClO2Se. The van der Waals surface area contributed by atoms with Crippen molar-refractivity contribution in [2.45, 2.75) is 32.2 Å². The van der Waals surface area contributed by atoms with Crippen molar-refractivity contribution in [2.24, 2.45) is 0 Å². The molecule has 0 aliphatic heterocycles. The summed E-state index contributed by atoms with van der Waals surface area (Å²) in [6.07, 6.45) is -0.125. The Kier molecular flexibility index (Phi) is 6.48. The molecular weight excluding hydrogens is 315 g/mol. The predicted molar refractivity (Wildman–Crippen MR) is 76.7 cm³/mol. The second-order valence-corrected chi connectivity index (χ2v) is 6.95. The Morgan fingerprint density at radius 3 is 2.44 bits per heavy atom. The van der Waals surface area contributed by atoms with Crippen LogP contribution < -0.4 is 0 Å². The molecule has 0 saturated carbocycles. The number of halogens is 1. The van der Waals surface area contributed by atoms with Gasteiger partial charge in [0.15, 0.2) is 0 Å². The normalized spacial score (nSPS) is 12.3. The van der Waals surface area contributed by atoms with E-state index in [2.05, 4.69) is 0 Å². The average molecular weight is 332 g/mol. The van der Waals surface area contributed by atoms with Crippen LogP contribution in [0.5, 0.6) is 0 Å². The summed E-state index contributed by atoms with van der Waals surface area (Å²) in [6, 6.07) is 9.53. The van der Waals surface area contributed by atoms with Crippen LogP contribution in [0.1, 0.15) is 26.3 Å². The van der Waals surface area contributed by atoms with Crippen molar-refractivity contribution in [1.29, 1.82) is 0 Å². The molecule has 0 aliphatic rings. The van der Waals surface area contributed by atoms with E-state index in [0.29, 0.717) is 9.50 Å². The van der Waals surface area contributed by atoms with Gasteiger partial charge in [0.05, 0.1) is 0 Å². The molecule has 0 atom stereocenters. The van der Waals surface area contributed by atoms with Crippen LogP contribution in [0.2, 0.25) is 5.32 Å². The van der Waals surface area contributed by atoms with E-state index in [9.17, 15) is 4.79 Å². The number of hydrogen-bond donors (Lipinski definition) is 0. The summed E-state index contributed by atoms with van der Waals surface area (Å²) in [5.41, 5.74) is 0.866. The molecule has 1 aromatic rings. The van der Waals surface area contributed by atoms with Crippen molar-refractivity contribution in [3.8, 4) is 0 Å². The molecule has 2 nitrogen and oxygen atoms in total. The van der Waals surface area contributed by atoms with Gasteiger partial charge >= 0.3 is 120 Å². The maximum atomic E-state index is 12.0. The molecule has 1 rings (SSSR count). The molecule has 0 spiro atoms. The fourth-order valence-corrected chi connectivity index (χ4v) is 3.29. The zero-order valence-electron chi connectivity index (χ0n) is 10.8. The Labute approximate surface area is 120 Å². The van der Waals surface area contributed by atoms with Gasteiger partial charge in [-0.2, -0.15) is 0 Å². The van der Waals surface area contributed by atoms with Gasteiger partial charge in [0.2, 0.25) is 0 Å². The van der Waals surface area contributed by atoms with E-state index in [1.807, 2.05) is 51.1 Å². The third-order valence-corrected chi connectivity index (χ3v) is 4.69. The molecule has 1 aromatic carbocycles. The van der Waals surface area contributed by atoms with E-state index >= 15 is 0 Å². The van der Waals surface area contributed by atoms with Gasteiger partial charge in [0, 0.05) is 0 Å². The number of carbonyl (C=O) groups is 1. The molecule has 0 saturated heterocycles. The number of hydrogen-bond acceptors (Lipinski definition) is 2. The van der Waals surface area contributed by atoms with Crippen LogP contribution in [0.4, 0.5) is 0 Å². The second kappa shape index (κ2) is 7.63. The van der Waals surface area contributed by atoms with Crippen molar-refractivity contribution in [2.75, 3.05) is 0 Å². The molecule has 0 aliphatic carbocycles. The Hall–Kier alpha value is -0.761. The Morgan fingerprint density at radius 2 is 1.94 bits per heavy atom. The van der Waals surface area contributed by atoms with Gasteiger partial charge < -0.3 is 0 Å². The standard InChI is InChI=1S/C14H17ClO2Se/c1-4-18-13(14(16)17-10(2)3)12(15)11-8-6-5-7-9-11/h5-10H,4H2,1-3H3/b13-12+. The van der Waals surface area contributed by atoms with Crippen molar-refractivity contribution >= 4 is 37.6 Å². The molecule has 4 heteroatoms. The number of carbonyl (C=O) groups excluding carboxylic acids is 1. The summed E-state index contributed by atoms with van der Waals surface area (Å²) in [6.45, 7) is 5.72. The Bertz CT molecular complexity index is 427. The van der Waals surface area contributed by atoms with Crippen LogP contribution >= 0.6 is 11.6 Å². The maximum absolute atomic E-state index is 12.0. The van der Waals surface area contributed by atoms with Crippen LogP contribution in [-0.4, -0.2) is 27.0 Å². The van der Waals surface area contributed by atoms with E-state index in [-0.39, 0.29) is 27.0 Å². The van der Waals surface area contributed by atoms with Gasteiger partial charge in [-0.1, -0.05) is 0 Å². The molecule has 0 aromatic heterocycles. The van der Waals surface area contributed by atoms with Gasteiger partial charge in [-0.3, -0.25) is 0 Å². The predicted octanol–water partition coefficient (Wildman–Crippen LogP) is 3.69. The molecule has 0 N–H and O–H groups in total. The van der Waals surface area contributed by atoms with E-state index in [1.165, 1.54) is 0 Å². The molecule has 0 heterocycles. The minimum absolute atomic E-state index is 0.0406. The van der Waals surface area contributed by atoms with Crippen molar-refractivity contribution in [1.82, 2.24) is 0 Å². The summed E-state index contributed by atoms with van der Waals surface area (Å²) in [5, 5.41) is 1.43. The van der Waals surface area contributed by atoms with Gasteiger partial charge in [-0.05, 0) is 0 Å². The third kappa shape index (κ3) is 4.49. The van der Waals surface area contributed by atoms with Crippen LogP contribution in [0.15, 0.2) is 34.8 Å². The molecule has 0 bridgehead atoms. The quantitative estimate of drug-likeness (QED) is 0.467. The summed E-state index contributed by atoms with van der Waals surface area (Å²) in [7, 11) is 0. The van der Waals surface area contributed by atoms with Crippen molar-refractivity contribution < 1.29 is 9.53 Å². The number of esters is 1. The monoisotopic (exact) mass is 332 g/mol. The topological polar surface area (TPSA) is 26.3 Å². The summed E-state index contributed by atoms with van der Waals surface area (Å²) >= 11 is 6.36. The first-order valence-corrected chi connectivity index (χ1v) is 8.29. The second-order valence-electron chi connectivity index (χ2n) is 3.90. The Balaban J connectivity index is 3.05. The van der Waals surface area contributed by atoms with Gasteiger partial charge in [0.1, 0.15) is 0 Å². The van der Waals surface area contributed by atoms with E-state index in [1.54, 1.807) is 0 Å². The average Bonchev–Trinajstić information content (AvgIpc) is 2.35. The zero-order valence-corrected chi connectivity index (χ0v) is 13.2. The van der Waals surface area contributed by atoms with Crippen LogP contribution in [0, 0.1) is 0 Å². The molecule has 0 radical (unpaired) electrons. The molecule has 98 valence electrons. The summed E-state index contributed by atoms with van der Waals surface area (Å²) in [4.78, 5) is 12.0. The minimum atomic E-state index is -0.291. The molecule has 0 fully saturated rings. The SMILES string of the molecule is CC[Se]/C(C(=O)OC(C)C)=C(/Cl)c1ccccc1. The molecule has 0 unspecified atom stereocenters.